The molecule has 1 nitrogen and oxygen atoms in total. The van der Waals surface area contributed by atoms with Crippen molar-refractivity contribution in [3.8, 4) is 0 Å². The Balaban J connectivity index is 2.68. The van der Waals surface area contributed by atoms with Gasteiger partial charge in [-0.15, -0.1) is 0 Å². The summed E-state index contributed by atoms with van der Waals surface area (Å²) < 4.78 is 1.81. The summed E-state index contributed by atoms with van der Waals surface area (Å²) in [6.07, 6.45) is 4.79. The van der Waals surface area contributed by atoms with Crippen LogP contribution in [0.15, 0.2) is 0 Å². The van der Waals surface area contributed by atoms with Crippen LogP contribution in [0, 0.1) is 7.78 Å². The summed E-state index contributed by atoms with van der Waals surface area (Å²) in [6, 6.07) is 0. The van der Waals surface area contributed by atoms with E-state index in [2.05, 4.69) is 4.98 Å². The second kappa shape index (κ2) is 3.36. The lowest BCUT2D eigenvalue weighted by Crippen LogP contribution is -2.04. The molecule has 1 aromatic rings. The van der Waals surface area contributed by atoms with Gasteiger partial charge in [0.2, 0.25) is 0 Å². The van der Waals surface area contributed by atoms with Gasteiger partial charge in [-0.3, -0.25) is 0 Å². The van der Waals surface area contributed by atoms with E-state index in [9.17, 15) is 0 Å². The quantitative estimate of drug-likeness (QED) is 0.667. The van der Waals surface area contributed by atoms with Crippen LogP contribution in [0.4, 0.5) is 0 Å². The molecule has 0 atom stereocenters. The lowest BCUT2D eigenvalue weighted by molar-refractivity contribution is 0.669. The number of H-pyrrole nitrogens is 1. The number of fused-ring (bicyclic) bond motifs is 1. The van der Waals surface area contributed by atoms with Gasteiger partial charge in [-0.1, -0.05) is 23.6 Å². The van der Waals surface area contributed by atoms with Crippen molar-refractivity contribution in [1.29, 1.82) is 0 Å². The second-order valence-electron chi connectivity index (χ2n) is 2.97. The summed E-state index contributed by atoms with van der Waals surface area (Å²) in [5, 5.41) is 0. The Kier molecular flexibility index (Phi) is 2.39. The molecule has 1 aliphatic rings. The minimum atomic E-state index is 0.820. The molecular formula is C8H9NS3. The molecule has 0 spiro atoms. The molecule has 0 aromatic carbocycles. The predicted octanol–water partition coefficient (Wildman–Crippen LogP) is 3.41. The third kappa shape index (κ3) is 1.51. The van der Waals surface area contributed by atoms with E-state index in [1.165, 1.54) is 35.4 Å². The molecule has 0 aliphatic heterocycles. The van der Waals surface area contributed by atoms with Crippen LogP contribution in [0.25, 0.3) is 0 Å². The molecule has 0 radical (unpaired) electrons. The van der Waals surface area contributed by atoms with Crippen LogP contribution in [-0.2, 0) is 12.8 Å². The average molecular weight is 215 g/mol. The maximum atomic E-state index is 5.26. The molecule has 2 rings (SSSR count). The Bertz CT molecular complexity index is 401. The molecule has 1 heterocycles. The third-order valence-corrected chi connectivity index (χ3v) is 3.72. The van der Waals surface area contributed by atoms with Gasteiger partial charge >= 0.3 is 0 Å². The maximum absolute atomic E-state index is 5.26. The highest BCUT2D eigenvalue weighted by molar-refractivity contribution is 7.75. The Morgan fingerprint density at radius 1 is 1.17 bits per heavy atom. The van der Waals surface area contributed by atoms with Gasteiger partial charge in [0.05, 0.1) is 3.82 Å². The van der Waals surface area contributed by atoms with Gasteiger partial charge in [0.15, 0.2) is 3.95 Å². The lowest BCUT2D eigenvalue weighted by Gasteiger charge is -2.13. The summed E-state index contributed by atoms with van der Waals surface area (Å²) >= 11 is 11.9. The van der Waals surface area contributed by atoms with Crippen molar-refractivity contribution in [2.24, 2.45) is 0 Å². The molecule has 1 aliphatic carbocycles. The number of hydrogen-bond acceptors (Lipinski definition) is 3. The minimum absolute atomic E-state index is 0.820. The fourth-order valence-electron chi connectivity index (χ4n) is 1.56. The second-order valence-corrected chi connectivity index (χ2v) is 5.32. The van der Waals surface area contributed by atoms with Crippen LogP contribution in [0.2, 0.25) is 0 Å². The largest absolute Gasteiger partial charge is 0.341 e. The summed E-state index contributed by atoms with van der Waals surface area (Å²) in [5.74, 6) is 0. The molecule has 0 fully saturated rings. The van der Waals surface area contributed by atoms with Crippen LogP contribution in [0.3, 0.4) is 0 Å². The van der Waals surface area contributed by atoms with Crippen molar-refractivity contribution >= 4 is 35.8 Å². The van der Waals surface area contributed by atoms with Crippen LogP contribution >= 0.6 is 35.8 Å². The van der Waals surface area contributed by atoms with Crippen molar-refractivity contribution in [3.05, 3.63) is 19.0 Å². The molecule has 1 aromatic heterocycles. The first-order valence-corrected chi connectivity index (χ1v) is 5.66. The average Bonchev–Trinajstić information content (AvgIpc) is 2.04. The molecule has 0 amide bonds. The first-order valence-electron chi connectivity index (χ1n) is 4.02. The van der Waals surface area contributed by atoms with E-state index in [1.54, 1.807) is 0 Å². The minimum Gasteiger partial charge on any atom is -0.341 e. The normalized spacial score (nSPS) is 15.7. The van der Waals surface area contributed by atoms with Crippen molar-refractivity contribution < 1.29 is 0 Å². The van der Waals surface area contributed by atoms with E-state index < -0.39 is 0 Å². The molecule has 0 unspecified atom stereocenters. The molecule has 4 heteroatoms. The van der Waals surface area contributed by atoms with Crippen molar-refractivity contribution in [1.82, 2.24) is 4.98 Å². The van der Waals surface area contributed by atoms with Gasteiger partial charge in [-0.2, -0.15) is 0 Å². The van der Waals surface area contributed by atoms with Crippen LogP contribution in [0.1, 0.15) is 24.1 Å². The van der Waals surface area contributed by atoms with Gasteiger partial charge < -0.3 is 4.98 Å². The maximum Gasteiger partial charge on any atom is 0.159 e. The van der Waals surface area contributed by atoms with Gasteiger partial charge in [0.1, 0.15) is 0 Å². The molecule has 0 saturated carbocycles. The van der Waals surface area contributed by atoms with Gasteiger partial charge in [0.25, 0.3) is 0 Å². The number of aryl methyl sites for hydroxylation is 1. The van der Waals surface area contributed by atoms with Crippen molar-refractivity contribution in [2.75, 3.05) is 0 Å². The van der Waals surface area contributed by atoms with E-state index in [1.807, 2.05) is 0 Å². The van der Waals surface area contributed by atoms with Gasteiger partial charge in [-0.25, -0.2) is 0 Å². The molecular weight excluding hydrogens is 206 g/mol. The Morgan fingerprint density at radius 3 is 2.75 bits per heavy atom. The molecule has 1 N–H and O–H groups in total. The Morgan fingerprint density at radius 2 is 1.92 bits per heavy atom. The first-order chi connectivity index (χ1) is 5.77. The van der Waals surface area contributed by atoms with Crippen molar-refractivity contribution in [2.45, 2.75) is 25.7 Å². The highest BCUT2D eigenvalue weighted by Crippen LogP contribution is 2.22. The molecule has 0 bridgehead atoms. The zero-order valence-electron chi connectivity index (χ0n) is 6.55. The van der Waals surface area contributed by atoms with Crippen LogP contribution in [-0.4, -0.2) is 4.98 Å². The third-order valence-electron chi connectivity index (χ3n) is 2.15. The number of nitrogens with one attached hydrogen (secondary N) is 1. The fraction of sp³-hybridized carbons (Fsp3) is 0.500. The lowest BCUT2D eigenvalue weighted by atomic mass is 9.98. The SMILES string of the molecule is S=c1[nH]c2c(c(=S)s1)CCCC2. The zero-order chi connectivity index (χ0) is 8.55. The summed E-state index contributed by atoms with van der Waals surface area (Å²) in [7, 11) is 0. The van der Waals surface area contributed by atoms with Crippen LogP contribution < -0.4 is 0 Å². The Labute approximate surface area is 85.5 Å². The predicted molar refractivity (Wildman–Crippen MR) is 57.0 cm³/mol. The van der Waals surface area contributed by atoms with E-state index in [-0.39, 0.29) is 0 Å². The molecule has 0 saturated heterocycles. The summed E-state index contributed by atoms with van der Waals surface area (Å²) in [4.78, 5) is 3.24. The topological polar surface area (TPSA) is 15.8 Å². The van der Waals surface area contributed by atoms with Crippen molar-refractivity contribution in [3.63, 3.8) is 0 Å². The monoisotopic (exact) mass is 215 g/mol. The highest BCUT2D eigenvalue weighted by Gasteiger charge is 2.10. The zero-order valence-corrected chi connectivity index (χ0v) is 9.00. The van der Waals surface area contributed by atoms with E-state index in [0.717, 1.165) is 20.6 Å². The first kappa shape index (κ1) is 8.53. The van der Waals surface area contributed by atoms with Crippen LogP contribution in [0.5, 0.6) is 0 Å². The fourth-order valence-corrected chi connectivity index (χ4v) is 3.26. The highest BCUT2D eigenvalue weighted by atomic mass is 32.2. The number of aromatic amines is 1. The number of hydrogen-bond donors (Lipinski definition) is 1. The number of rotatable bonds is 0. The molecule has 12 heavy (non-hydrogen) atoms. The van der Waals surface area contributed by atoms with E-state index >= 15 is 0 Å². The smallest absolute Gasteiger partial charge is 0.159 e. The summed E-state index contributed by atoms with van der Waals surface area (Å²) in [5.41, 5.74) is 2.63. The number of aromatic nitrogens is 1. The Hall–Kier alpha value is -0.0600. The van der Waals surface area contributed by atoms with Gasteiger partial charge in [0, 0.05) is 5.69 Å². The standard InChI is InChI=1S/C8H9NS3/c10-7-5-3-1-2-4-6(5)9-8(11)12-7/h1-4H2,(H,9,11). The van der Waals surface area contributed by atoms with Gasteiger partial charge in [-0.05, 0) is 43.5 Å². The van der Waals surface area contributed by atoms with E-state index in [4.69, 9.17) is 24.4 Å². The van der Waals surface area contributed by atoms with E-state index in [0.29, 0.717) is 0 Å². The summed E-state index contributed by atoms with van der Waals surface area (Å²) in [6.45, 7) is 0. The molecule has 64 valence electrons.